The smallest absolute Gasteiger partial charge is 0.266 e. The minimum Gasteiger partial charge on any atom is -0.381 e. The van der Waals surface area contributed by atoms with E-state index in [1.165, 1.54) is 6.33 Å². The summed E-state index contributed by atoms with van der Waals surface area (Å²) in [5.74, 6) is 0.760. The monoisotopic (exact) mass is 335 g/mol. The van der Waals surface area contributed by atoms with Crippen LogP contribution in [0.25, 0.3) is 0 Å². The van der Waals surface area contributed by atoms with Gasteiger partial charge in [-0.1, -0.05) is 0 Å². The van der Waals surface area contributed by atoms with Gasteiger partial charge in [0.1, 0.15) is 9.39 Å². The minimum absolute atomic E-state index is 0.0792. The fourth-order valence-electron chi connectivity index (χ4n) is 1.86. The molecule has 88 valence electrons. The van der Waals surface area contributed by atoms with Crippen molar-refractivity contribution in [3.8, 4) is 0 Å². The first-order chi connectivity index (χ1) is 7.70. The molecular weight excluding hydrogens is 321 g/mol. The van der Waals surface area contributed by atoms with E-state index in [0.29, 0.717) is 9.61 Å². The van der Waals surface area contributed by atoms with Crippen molar-refractivity contribution in [1.82, 2.24) is 9.97 Å². The summed E-state index contributed by atoms with van der Waals surface area (Å²) in [6.45, 7) is 1.57. The van der Waals surface area contributed by atoms with Crippen LogP contribution in [0.5, 0.6) is 0 Å². The Morgan fingerprint density at radius 3 is 2.94 bits per heavy atom. The maximum atomic E-state index is 11.5. The van der Waals surface area contributed by atoms with Crippen molar-refractivity contribution in [2.45, 2.75) is 18.9 Å². The first-order valence-corrected chi connectivity index (χ1v) is 6.32. The molecule has 0 aromatic carbocycles. The Hall–Kier alpha value is -0.630. The van der Waals surface area contributed by atoms with Gasteiger partial charge in [0.25, 0.3) is 5.56 Å². The van der Waals surface area contributed by atoms with Crippen molar-refractivity contribution in [1.29, 1.82) is 0 Å². The molecule has 0 radical (unpaired) electrons. The summed E-state index contributed by atoms with van der Waals surface area (Å²) in [6, 6.07) is 0.413. The van der Waals surface area contributed by atoms with Crippen molar-refractivity contribution in [3.05, 3.63) is 20.3 Å². The predicted octanol–water partition coefficient (Wildman–Crippen LogP) is 0.990. The number of ether oxygens (including phenoxy) is 1. The topological polar surface area (TPSA) is 58.2 Å². The van der Waals surface area contributed by atoms with Crippen molar-refractivity contribution >= 4 is 28.4 Å². The van der Waals surface area contributed by atoms with E-state index < -0.39 is 0 Å². The van der Waals surface area contributed by atoms with Gasteiger partial charge in [-0.05, 0) is 35.4 Å². The third-order valence-corrected chi connectivity index (χ3v) is 3.82. The average Bonchev–Trinajstić information content (AvgIpc) is 2.33. The molecular formula is C10H14IN3O2. The first-order valence-electron chi connectivity index (χ1n) is 5.24. The van der Waals surface area contributed by atoms with E-state index in [4.69, 9.17) is 4.74 Å². The van der Waals surface area contributed by atoms with Crippen LogP contribution >= 0.6 is 22.6 Å². The molecule has 5 nitrogen and oxygen atoms in total. The zero-order valence-electron chi connectivity index (χ0n) is 9.07. The summed E-state index contributed by atoms with van der Waals surface area (Å²) in [5.41, 5.74) is -0.0792. The Labute approximate surface area is 107 Å². The van der Waals surface area contributed by atoms with Crippen molar-refractivity contribution < 1.29 is 4.74 Å². The molecule has 16 heavy (non-hydrogen) atoms. The van der Waals surface area contributed by atoms with Crippen LogP contribution in [0.15, 0.2) is 11.1 Å². The number of rotatable bonds is 2. The van der Waals surface area contributed by atoms with E-state index >= 15 is 0 Å². The lowest BCUT2D eigenvalue weighted by Crippen LogP contribution is -2.38. The van der Waals surface area contributed by atoms with E-state index in [0.717, 1.165) is 31.9 Å². The Kier molecular flexibility index (Phi) is 3.80. The minimum atomic E-state index is -0.0792. The highest BCUT2D eigenvalue weighted by Crippen LogP contribution is 2.21. The fourth-order valence-corrected chi connectivity index (χ4v) is 2.54. The third kappa shape index (κ3) is 2.37. The molecule has 1 aliphatic heterocycles. The number of aromatic nitrogens is 2. The summed E-state index contributed by atoms with van der Waals surface area (Å²) in [4.78, 5) is 20.4. The van der Waals surface area contributed by atoms with Crippen LogP contribution in [-0.2, 0) is 4.74 Å². The fraction of sp³-hybridized carbons (Fsp3) is 0.600. The van der Waals surface area contributed by atoms with Crippen LogP contribution in [0, 0.1) is 3.57 Å². The predicted molar refractivity (Wildman–Crippen MR) is 69.8 cm³/mol. The van der Waals surface area contributed by atoms with Gasteiger partial charge in [-0.15, -0.1) is 0 Å². The van der Waals surface area contributed by atoms with Crippen molar-refractivity contribution in [3.63, 3.8) is 0 Å². The SMILES string of the molecule is CN(c1nc[nH]c(=O)c1I)C1CCOCC1. The van der Waals surface area contributed by atoms with E-state index in [1.807, 2.05) is 29.6 Å². The van der Waals surface area contributed by atoms with Gasteiger partial charge < -0.3 is 14.6 Å². The highest BCUT2D eigenvalue weighted by Gasteiger charge is 2.21. The van der Waals surface area contributed by atoms with E-state index in [-0.39, 0.29) is 5.56 Å². The second-order valence-electron chi connectivity index (χ2n) is 3.82. The number of hydrogen-bond acceptors (Lipinski definition) is 4. The molecule has 0 amide bonds. The van der Waals surface area contributed by atoms with Crippen LogP contribution < -0.4 is 10.5 Å². The molecule has 1 aromatic heterocycles. The molecule has 0 unspecified atom stereocenters. The van der Waals surface area contributed by atoms with Crippen LogP contribution in [0.2, 0.25) is 0 Å². The van der Waals surface area contributed by atoms with Crippen molar-refractivity contribution in [2.24, 2.45) is 0 Å². The molecule has 1 aliphatic rings. The van der Waals surface area contributed by atoms with Gasteiger partial charge in [0.2, 0.25) is 0 Å². The molecule has 6 heteroatoms. The lowest BCUT2D eigenvalue weighted by atomic mass is 10.1. The largest absolute Gasteiger partial charge is 0.381 e. The maximum Gasteiger partial charge on any atom is 0.266 e. The molecule has 1 N–H and O–H groups in total. The Morgan fingerprint density at radius 2 is 2.25 bits per heavy atom. The average molecular weight is 335 g/mol. The van der Waals surface area contributed by atoms with Gasteiger partial charge in [0.05, 0.1) is 6.33 Å². The molecule has 2 heterocycles. The third-order valence-electron chi connectivity index (χ3n) is 2.85. The quantitative estimate of drug-likeness (QED) is 0.819. The summed E-state index contributed by atoms with van der Waals surface area (Å²) in [6.07, 6.45) is 3.43. The Morgan fingerprint density at radius 1 is 1.56 bits per heavy atom. The lowest BCUT2D eigenvalue weighted by Gasteiger charge is -2.32. The summed E-state index contributed by atoms with van der Waals surface area (Å²) < 4.78 is 5.97. The first kappa shape index (κ1) is 11.8. The van der Waals surface area contributed by atoms with Crippen molar-refractivity contribution in [2.75, 3.05) is 25.2 Å². The zero-order chi connectivity index (χ0) is 11.5. The Bertz CT molecular complexity index is 415. The van der Waals surface area contributed by atoms with Gasteiger partial charge in [-0.3, -0.25) is 4.79 Å². The van der Waals surface area contributed by atoms with Gasteiger partial charge in [0.15, 0.2) is 0 Å². The van der Waals surface area contributed by atoms with Crippen LogP contribution in [0.4, 0.5) is 5.82 Å². The standard InChI is InChI=1S/C10H14IN3O2/c1-14(7-2-4-16-5-3-7)9-8(11)10(15)13-6-12-9/h6-7H,2-5H2,1H3,(H,12,13,15). The van der Waals surface area contributed by atoms with Crippen LogP contribution in [0.3, 0.4) is 0 Å². The number of nitrogens with zero attached hydrogens (tertiary/aromatic N) is 2. The normalized spacial score (nSPS) is 17.4. The van der Waals surface area contributed by atoms with Gasteiger partial charge >= 0.3 is 0 Å². The molecule has 0 aliphatic carbocycles. The molecule has 1 fully saturated rings. The number of nitrogens with one attached hydrogen (secondary N) is 1. The molecule has 1 saturated heterocycles. The number of hydrogen-bond donors (Lipinski definition) is 1. The molecule has 0 spiro atoms. The van der Waals surface area contributed by atoms with E-state index in [9.17, 15) is 4.79 Å². The van der Waals surface area contributed by atoms with Crippen LogP contribution in [0.1, 0.15) is 12.8 Å². The summed E-state index contributed by atoms with van der Waals surface area (Å²) >= 11 is 2.04. The summed E-state index contributed by atoms with van der Waals surface area (Å²) in [7, 11) is 1.99. The molecule has 2 rings (SSSR count). The molecule has 0 bridgehead atoms. The number of halogens is 1. The molecule has 0 saturated carbocycles. The Balaban J connectivity index is 2.22. The van der Waals surface area contributed by atoms with E-state index in [1.54, 1.807) is 0 Å². The highest BCUT2D eigenvalue weighted by atomic mass is 127. The van der Waals surface area contributed by atoms with Gasteiger partial charge in [-0.25, -0.2) is 4.98 Å². The highest BCUT2D eigenvalue weighted by molar-refractivity contribution is 14.1. The lowest BCUT2D eigenvalue weighted by molar-refractivity contribution is 0.0853. The van der Waals surface area contributed by atoms with Crippen LogP contribution in [-0.4, -0.2) is 36.3 Å². The van der Waals surface area contributed by atoms with Gasteiger partial charge in [-0.2, -0.15) is 0 Å². The number of H-pyrrole nitrogens is 1. The summed E-state index contributed by atoms with van der Waals surface area (Å²) in [5, 5.41) is 0. The number of aromatic amines is 1. The second-order valence-corrected chi connectivity index (χ2v) is 4.90. The zero-order valence-corrected chi connectivity index (χ0v) is 11.2. The maximum absolute atomic E-state index is 11.5. The molecule has 0 atom stereocenters. The van der Waals surface area contributed by atoms with Gasteiger partial charge in [0, 0.05) is 26.3 Å². The van der Waals surface area contributed by atoms with E-state index in [2.05, 4.69) is 14.9 Å². The molecule has 1 aromatic rings. The second kappa shape index (κ2) is 5.13. The number of anilines is 1.